The highest BCUT2D eigenvalue weighted by Crippen LogP contribution is 2.11. The van der Waals surface area contributed by atoms with Gasteiger partial charge in [0.25, 0.3) is 10.1 Å². The zero-order chi connectivity index (χ0) is 18.3. The monoisotopic (exact) mass is 365 g/mol. The van der Waals surface area contributed by atoms with E-state index in [1.165, 1.54) is 51.4 Å². The highest BCUT2D eigenvalue weighted by Gasteiger charge is 2.11. The first-order chi connectivity index (χ1) is 11.3. The number of carboxylic acids is 1. The molecule has 0 aliphatic carbocycles. The van der Waals surface area contributed by atoms with E-state index in [9.17, 15) is 13.2 Å². The fourth-order valence-electron chi connectivity index (χ4n) is 2.75. The Morgan fingerprint density at radius 1 is 0.833 bits per heavy atom. The second kappa shape index (κ2) is 14.7. The van der Waals surface area contributed by atoms with E-state index >= 15 is 0 Å². The molecule has 0 aromatic carbocycles. The van der Waals surface area contributed by atoms with Crippen LogP contribution in [0.5, 0.6) is 0 Å². The van der Waals surface area contributed by atoms with E-state index in [2.05, 4.69) is 6.92 Å². The zero-order valence-electron chi connectivity index (χ0n) is 15.1. The van der Waals surface area contributed by atoms with Gasteiger partial charge in [-0.15, -0.1) is 0 Å². The molecule has 0 aliphatic rings. The summed E-state index contributed by atoms with van der Waals surface area (Å²) in [4.78, 5) is 12.6. The smallest absolute Gasteiger partial charge is 0.317 e. The van der Waals surface area contributed by atoms with E-state index in [0.29, 0.717) is 13.1 Å². The van der Waals surface area contributed by atoms with Crippen LogP contribution in [0.25, 0.3) is 0 Å². The maximum atomic E-state index is 10.8. The van der Waals surface area contributed by atoms with Crippen molar-refractivity contribution in [2.45, 2.75) is 77.6 Å². The first kappa shape index (κ1) is 23.3. The van der Waals surface area contributed by atoms with Crippen molar-refractivity contribution in [3.05, 3.63) is 0 Å². The second-order valence-corrected chi connectivity index (χ2v) is 8.06. The van der Waals surface area contributed by atoms with Crippen LogP contribution in [0.1, 0.15) is 77.6 Å². The Labute approximate surface area is 147 Å². The standard InChI is InChI=1S/C17H35NO5S/c1-2-3-4-5-6-7-8-9-10-11-13-18(16-17(19)20)14-12-15-24(21,22)23/h2-16H2,1H3,(H,19,20)(H,21,22,23). The highest BCUT2D eigenvalue weighted by atomic mass is 32.2. The molecule has 0 atom stereocenters. The summed E-state index contributed by atoms with van der Waals surface area (Å²) in [7, 11) is -3.97. The third kappa shape index (κ3) is 17.7. The van der Waals surface area contributed by atoms with Crippen molar-refractivity contribution in [1.29, 1.82) is 0 Å². The summed E-state index contributed by atoms with van der Waals surface area (Å²) in [6.07, 6.45) is 12.5. The molecule has 24 heavy (non-hydrogen) atoms. The number of rotatable bonds is 17. The van der Waals surface area contributed by atoms with Gasteiger partial charge < -0.3 is 5.11 Å². The van der Waals surface area contributed by atoms with E-state index in [-0.39, 0.29) is 18.7 Å². The molecule has 0 unspecified atom stereocenters. The molecular weight excluding hydrogens is 330 g/mol. The molecule has 0 bridgehead atoms. The predicted octanol–water partition coefficient (Wildman–Crippen LogP) is 3.57. The molecule has 0 fully saturated rings. The van der Waals surface area contributed by atoms with Gasteiger partial charge >= 0.3 is 5.97 Å². The predicted molar refractivity (Wildman–Crippen MR) is 97.0 cm³/mol. The van der Waals surface area contributed by atoms with Gasteiger partial charge in [0, 0.05) is 0 Å². The number of hydrogen-bond acceptors (Lipinski definition) is 4. The lowest BCUT2D eigenvalue weighted by Gasteiger charge is -2.19. The lowest BCUT2D eigenvalue weighted by Crippen LogP contribution is -2.32. The van der Waals surface area contributed by atoms with Crippen LogP contribution in [-0.2, 0) is 14.9 Å². The topological polar surface area (TPSA) is 94.9 Å². The van der Waals surface area contributed by atoms with Gasteiger partial charge in [-0.1, -0.05) is 64.7 Å². The summed E-state index contributed by atoms with van der Waals surface area (Å²) in [5, 5.41) is 8.90. The van der Waals surface area contributed by atoms with Gasteiger partial charge in [-0.3, -0.25) is 14.2 Å². The van der Waals surface area contributed by atoms with Gasteiger partial charge in [0.1, 0.15) is 0 Å². The minimum atomic E-state index is -3.97. The third-order valence-electron chi connectivity index (χ3n) is 4.06. The lowest BCUT2D eigenvalue weighted by molar-refractivity contribution is -0.138. The molecule has 0 amide bonds. The largest absolute Gasteiger partial charge is 0.480 e. The number of carbonyl (C=O) groups is 1. The van der Waals surface area contributed by atoms with Crippen LogP contribution in [0, 0.1) is 0 Å². The van der Waals surface area contributed by atoms with Crippen LogP contribution < -0.4 is 0 Å². The van der Waals surface area contributed by atoms with Gasteiger partial charge in [-0.05, 0) is 25.9 Å². The Morgan fingerprint density at radius 2 is 1.29 bits per heavy atom. The molecule has 0 heterocycles. The summed E-state index contributed by atoms with van der Waals surface area (Å²) >= 11 is 0. The Morgan fingerprint density at radius 3 is 1.75 bits per heavy atom. The van der Waals surface area contributed by atoms with E-state index in [1.807, 2.05) is 0 Å². The summed E-state index contributed by atoms with van der Waals surface area (Å²) in [5.41, 5.74) is 0. The highest BCUT2D eigenvalue weighted by molar-refractivity contribution is 7.85. The summed E-state index contributed by atoms with van der Waals surface area (Å²) in [5.74, 6) is -1.23. The van der Waals surface area contributed by atoms with Crippen molar-refractivity contribution in [2.75, 3.05) is 25.4 Å². The molecule has 0 radical (unpaired) electrons. The van der Waals surface area contributed by atoms with Gasteiger partial charge in [0.05, 0.1) is 12.3 Å². The Bertz CT molecular complexity index is 411. The Hall–Kier alpha value is -0.660. The van der Waals surface area contributed by atoms with Crippen LogP contribution in [0.15, 0.2) is 0 Å². The first-order valence-electron chi connectivity index (χ1n) is 9.24. The van der Waals surface area contributed by atoms with Crippen molar-refractivity contribution < 1.29 is 22.9 Å². The van der Waals surface area contributed by atoms with Crippen LogP contribution in [-0.4, -0.2) is 54.3 Å². The van der Waals surface area contributed by atoms with Crippen molar-refractivity contribution >= 4 is 16.1 Å². The maximum Gasteiger partial charge on any atom is 0.317 e. The summed E-state index contributed by atoms with van der Waals surface area (Å²) < 4.78 is 30.1. The number of carboxylic acid groups (broad SMARTS) is 1. The quantitative estimate of drug-likeness (QED) is 0.302. The van der Waals surface area contributed by atoms with E-state index < -0.39 is 16.1 Å². The fraction of sp³-hybridized carbons (Fsp3) is 0.941. The van der Waals surface area contributed by atoms with Crippen LogP contribution in [0.4, 0.5) is 0 Å². The van der Waals surface area contributed by atoms with Crippen molar-refractivity contribution in [1.82, 2.24) is 4.90 Å². The molecule has 0 spiro atoms. The average molecular weight is 366 g/mol. The molecule has 6 nitrogen and oxygen atoms in total. The van der Waals surface area contributed by atoms with Gasteiger partial charge in [0.2, 0.25) is 0 Å². The van der Waals surface area contributed by atoms with Gasteiger partial charge in [0.15, 0.2) is 0 Å². The van der Waals surface area contributed by atoms with Crippen LogP contribution in [0.2, 0.25) is 0 Å². The van der Waals surface area contributed by atoms with Gasteiger partial charge in [-0.25, -0.2) is 0 Å². The minimum Gasteiger partial charge on any atom is -0.480 e. The third-order valence-corrected chi connectivity index (χ3v) is 4.87. The molecule has 0 rings (SSSR count). The minimum absolute atomic E-state index is 0.0805. The van der Waals surface area contributed by atoms with Crippen molar-refractivity contribution in [2.24, 2.45) is 0 Å². The molecule has 2 N–H and O–H groups in total. The van der Waals surface area contributed by atoms with Crippen molar-refractivity contribution in [3.63, 3.8) is 0 Å². The Kier molecular flexibility index (Phi) is 14.3. The molecule has 0 saturated heterocycles. The lowest BCUT2D eigenvalue weighted by atomic mass is 10.1. The van der Waals surface area contributed by atoms with Crippen LogP contribution in [0.3, 0.4) is 0 Å². The normalized spacial score (nSPS) is 12.0. The fourth-order valence-corrected chi connectivity index (χ4v) is 3.25. The van der Waals surface area contributed by atoms with E-state index in [4.69, 9.17) is 9.66 Å². The summed E-state index contributed by atoms with van der Waals surface area (Å²) in [6.45, 7) is 3.18. The van der Waals surface area contributed by atoms with Crippen molar-refractivity contribution in [3.8, 4) is 0 Å². The maximum absolute atomic E-state index is 10.8. The average Bonchev–Trinajstić information content (AvgIpc) is 2.47. The molecular formula is C17H35NO5S. The molecule has 0 aromatic heterocycles. The molecule has 7 heteroatoms. The Balaban J connectivity index is 3.69. The molecule has 0 aromatic rings. The zero-order valence-corrected chi connectivity index (χ0v) is 15.9. The second-order valence-electron chi connectivity index (χ2n) is 6.49. The van der Waals surface area contributed by atoms with Crippen LogP contribution >= 0.6 is 0 Å². The number of nitrogens with zero attached hydrogens (tertiary/aromatic N) is 1. The first-order valence-corrected chi connectivity index (χ1v) is 10.9. The van der Waals surface area contributed by atoms with E-state index in [1.54, 1.807) is 4.90 Å². The number of aliphatic carboxylic acids is 1. The SMILES string of the molecule is CCCCCCCCCCCCN(CCCS(=O)(=O)O)CC(=O)O. The number of unbranched alkanes of at least 4 members (excludes halogenated alkanes) is 9. The van der Waals surface area contributed by atoms with Gasteiger partial charge in [-0.2, -0.15) is 8.42 Å². The number of hydrogen-bond donors (Lipinski definition) is 2. The molecule has 0 saturated carbocycles. The summed E-state index contributed by atoms with van der Waals surface area (Å²) in [6, 6.07) is 0. The van der Waals surface area contributed by atoms with E-state index in [0.717, 1.165) is 12.8 Å². The molecule has 144 valence electrons. The molecule has 0 aliphatic heterocycles.